The molecule has 0 fully saturated rings. The Kier molecular flexibility index (Phi) is 10.4. The van der Waals surface area contributed by atoms with Crippen LogP contribution in [0.15, 0.2) is 53.6 Å². The van der Waals surface area contributed by atoms with Gasteiger partial charge in [0.15, 0.2) is 5.11 Å². The summed E-state index contributed by atoms with van der Waals surface area (Å²) in [4.78, 5) is 29.0. The van der Waals surface area contributed by atoms with E-state index in [0.29, 0.717) is 26.2 Å². The number of aromatic nitrogens is 1. The summed E-state index contributed by atoms with van der Waals surface area (Å²) in [6.07, 6.45) is 1.60. The number of benzene rings is 2. The number of anilines is 2. The van der Waals surface area contributed by atoms with Crippen molar-refractivity contribution in [2.24, 2.45) is 5.92 Å². The fourth-order valence-corrected chi connectivity index (χ4v) is 6.66. The Labute approximate surface area is 244 Å². The van der Waals surface area contributed by atoms with Crippen molar-refractivity contribution in [3.8, 4) is 21.0 Å². The third-order valence-corrected chi connectivity index (χ3v) is 8.36. The number of carbonyl (C=O) groups is 2. The molecule has 0 bridgehead atoms. The number of hydrogen-bond donors (Lipinski definition) is 4. The molecule has 0 saturated carbocycles. The summed E-state index contributed by atoms with van der Waals surface area (Å²) in [7, 11) is -3.03. The number of esters is 1. The lowest BCUT2D eigenvalue weighted by molar-refractivity contribution is -0.143. The zero-order valence-corrected chi connectivity index (χ0v) is 25.5. The molecule has 3 rings (SSSR count). The fraction of sp³-hybridized carbons (Fsp3) is 0.333. The van der Waals surface area contributed by atoms with Crippen molar-refractivity contribution in [2.45, 2.75) is 51.6 Å². The highest BCUT2D eigenvalue weighted by Crippen LogP contribution is 2.37. The van der Waals surface area contributed by atoms with E-state index in [-0.39, 0.29) is 22.8 Å². The first-order valence-corrected chi connectivity index (χ1v) is 15.2. The lowest BCUT2D eigenvalue weighted by atomic mass is 10.1. The van der Waals surface area contributed by atoms with Gasteiger partial charge < -0.3 is 20.7 Å². The average Bonchev–Trinajstić information content (AvgIpc) is 3.36. The van der Waals surface area contributed by atoms with E-state index in [1.165, 1.54) is 31.4 Å². The van der Waals surface area contributed by atoms with Gasteiger partial charge in [0.25, 0.3) is 0 Å². The Balaban J connectivity index is 1.97. The fourth-order valence-electron chi connectivity index (χ4n) is 3.70. The summed E-state index contributed by atoms with van der Waals surface area (Å²) in [5.41, 5.74) is 2.33. The zero-order chi connectivity index (χ0) is 29.6. The van der Waals surface area contributed by atoms with E-state index < -0.39 is 22.0 Å². The molecular weight excluding hydrogens is 571 g/mol. The molecular formula is C27H33N5O5S3. The van der Waals surface area contributed by atoms with Gasteiger partial charge in [-0.25, -0.2) is 13.4 Å². The van der Waals surface area contributed by atoms with Crippen LogP contribution in [0.4, 0.5) is 11.4 Å². The highest BCUT2D eigenvalue weighted by molar-refractivity contribution is 7.89. The number of ether oxygens (including phenoxy) is 1. The molecule has 2 aromatic carbocycles. The number of carbonyl (C=O) groups excluding carboxylic acids is 2. The first-order chi connectivity index (χ1) is 18.8. The molecule has 10 nitrogen and oxygen atoms in total. The van der Waals surface area contributed by atoms with Crippen molar-refractivity contribution in [1.82, 2.24) is 15.0 Å². The third-order valence-electron chi connectivity index (χ3n) is 5.58. The number of methoxy groups -OCH3 is 1. The third kappa shape index (κ3) is 8.07. The Morgan fingerprint density at radius 2 is 1.65 bits per heavy atom. The lowest BCUT2D eigenvalue weighted by Gasteiger charge is -2.21. The molecule has 0 aliphatic heterocycles. The van der Waals surface area contributed by atoms with Gasteiger partial charge in [0.2, 0.25) is 15.9 Å². The van der Waals surface area contributed by atoms with Crippen LogP contribution in [-0.4, -0.2) is 49.6 Å². The van der Waals surface area contributed by atoms with Crippen LogP contribution in [0.3, 0.4) is 0 Å². The molecule has 1 aromatic heterocycles. The van der Waals surface area contributed by atoms with Crippen LogP contribution < -0.4 is 20.7 Å². The van der Waals surface area contributed by atoms with Gasteiger partial charge in [0.1, 0.15) is 11.0 Å². The van der Waals surface area contributed by atoms with Crippen LogP contribution in [0.5, 0.6) is 0 Å². The van der Waals surface area contributed by atoms with Gasteiger partial charge in [-0.05, 0) is 68.4 Å². The maximum absolute atomic E-state index is 13.6. The minimum atomic E-state index is -4.23. The van der Waals surface area contributed by atoms with E-state index >= 15 is 0 Å². The summed E-state index contributed by atoms with van der Waals surface area (Å²) in [6.45, 7) is 8.75. The van der Waals surface area contributed by atoms with Crippen LogP contribution in [-0.2, 0) is 24.3 Å². The molecule has 0 spiro atoms. The largest absolute Gasteiger partial charge is 0.468 e. The number of sulfonamides is 1. The van der Waals surface area contributed by atoms with E-state index in [2.05, 4.69) is 25.7 Å². The maximum Gasteiger partial charge on any atom is 0.324 e. The molecule has 0 aliphatic rings. The predicted molar refractivity (Wildman–Crippen MR) is 163 cm³/mol. The Morgan fingerprint density at radius 1 is 1.00 bits per heavy atom. The van der Waals surface area contributed by atoms with Gasteiger partial charge in [-0.2, -0.15) is 4.72 Å². The summed E-state index contributed by atoms with van der Waals surface area (Å²) in [5.74, 6) is -1.42. The van der Waals surface area contributed by atoms with E-state index in [1.54, 1.807) is 32.2 Å². The molecule has 4 N–H and O–H groups in total. The van der Waals surface area contributed by atoms with Crippen molar-refractivity contribution >= 4 is 61.9 Å². The Bertz CT molecular complexity index is 1480. The minimum Gasteiger partial charge on any atom is -0.468 e. The standard InChI is InChI=1S/C27H33N5O5S3/c1-15(2)24(26(34)37-6)32-40(35,36)23-13-20(30-17(5)33)11-12-21(23)22-14-28-25(39-22)18-7-9-19(10-8-18)31-27(38)29-16(3)4/h7-16,24,32H,1-6H3,(H,30,33)(H2,29,31,38)/t24-/m0/s1. The summed E-state index contributed by atoms with van der Waals surface area (Å²) < 4.78 is 34.5. The van der Waals surface area contributed by atoms with Crippen LogP contribution in [0.25, 0.3) is 21.0 Å². The van der Waals surface area contributed by atoms with Crippen molar-refractivity contribution < 1.29 is 22.7 Å². The van der Waals surface area contributed by atoms with E-state index in [4.69, 9.17) is 17.0 Å². The maximum atomic E-state index is 13.6. The summed E-state index contributed by atoms with van der Waals surface area (Å²) in [5, 5.41) is 10.1. The highest BCUT2D eigenvalue weighted by Gasteiger charge is 2.31. The number of thiocarbonyl (C=S) groups is 1. The van der Waals surface area contributed by atoms with Crippen molar-refractivity contribution in [2.75, 3.05) is 17.7 Å². The summed E-state index contributed by atoms with van der Waals surface area (Å²) >= 11 is 6.61. The minimum absolute atomic E-state index is 0.103. The van der Waals surface area contributed by atoms with Gasteiger partial charge in [0, 0.05) is 41.7 Å². The molecule has 1 heterocycles. The number of nitrogens with one attached hydrogen (secondary N) is 4. The number of amides is 1. The van der Waals surface area contributed by atoms with E-state index in [0.717, 1.165) is 11.3 Å². The Hall–Kier alpha value is -3.39. The SMILES string of the molecule is COC(=O)[C@@H](NS(=O)(=O)c1cc(NC(C)=O)ccc1-c1cnc(-c2ccc(NC(=S)NC(C)C)cc2)s1)C(C)C. The zero-order valence-electron chi connectivity index (χ0n) is 23.1. The average molecular weight is 604 g/mol. The van der Waals surface area contributed by atoms with Gasteiger partial charge in [-0.3, -0.25) is 9.59 Å². The topological polar surface area (TPSA) is 139 Å². The predicted octanol–water partition coefficient (Wildman–Crippen LogP) is 4.61. The van der Waals surface area contributed by atoms with Crippen LogP contribution in [0.1, 0.15) is 34.6 Å². The molecule has 1 atom stereocenters. The van der Waals surface area contributed by atoms with Crippen molar-refractivity contribution in [1.29, 1.82) is 0 Å². The molecule has 0 saturated heterocycles. The molecule has 3 aromatic rings. The number of hydrogen-bond acceptors (Lipinski definition) is 8. The van der Waals surface area contributed by atoms with Gasteiger partial charge in [-0.15, -0.1) is 11.3 Å². The number of thiazole rings is 1. The van der Waals surface area contributed by atoms with Crippen LogP contribution >= 0.6 is 23.6 Å². The van der Waals surface area contributed by atoms with Crippen molar-refractivity contribution in [3.63, 3.8) is 0 Å². The Morgan fingerprint density at radius 3 is 2.23 bits per heavy atom. The molecule has 0 radical (unpaired) electrons. The molecule has 214 valence electrons. The first-order valence-electron chi connectivity index (χ1n) is 12.5. The second kappa shape index (κ2) is 13.3. The van der Waals surface area contributed by atoms with E-state index in [9.17, 15) is 18.0 Å². The van der Waals surface area contributed by atoms with E-state index in [1.807, 2.05) is 38.1 Å². The van der Waals surface area contributed by atoms with Crippen LogP contribution in [0, 0.1) is 5.92 Å². The summed E-state index contributed by atoms with van der Waals surface area (Å²) in [6, 6.07) is 11.2. The second-order valence-electron chi connectivity index (χ2n) is 9.62. The quantitative estimate of drug-likeness (QED) is 0.193. The second-order valence-corrected chi connectivity index (χ2v) is 12.7. The molecule has 0 unspecified atom stereocenters. The highest BCUT2D eigenvalue weighted by atomic mass is 32.2. The number of rotatable bonds is 10. The molecule has 40 heavy (non-hydrogen) atoms. The lowest BCUT2D eigenvalue weighted by Crippen LogP contribution is -2.45. The smallest absolute Gasteiger partial charge is 0.324 e. The number of nitrogens with zero attached hydrogens (tertiary/aromatic N) is 1. The van der Waals surface area contributed by atoms with Gasteiger partial charge >= 0.3 is 5.97 Å². The molecule has 1 amide bonds. The van der Waals surface area contributed by atoms with Gasteiger partial charge in [0.05, 0.1) is 16.9 Å². The monoisotopic (exact) mass is 603 g/mol. The first kappa shape index (κ1) is 31.1. The van der Waals surface area contributed by atoms with Crippen molar-refractivity contribution in [3.05, 3.63) is 48.7 Å². The normalized spacial score (nSPS) is 12.2. The molecule has 0 aliphatic carbocycles. The molecule has 13 heteroatoms. The van der Waals surface area contributed by atoms with Crippen LogP contribution in [0.2, 0.25) is 0 Å². The van der Waals surface area contributed by atoms with Gasteiger partial charge in [-0.1, -0.05) is 19.9 Å².